The number of nitrogens with two attached hydrogens (primary N) is 1. The van der Waals surface area contributed by atoms with Crippen LogP contribution in [0.15, 0.2) is 0 Å². The van der Waals surface area contributed by atoms with Gasteiger partial charge in [-0.25, -0.2) is 0 Å². The van der Waals surface area contributed by atoms with Crippen molar-refractivity contribution >= 4 is 19.4 Å². The van der Waals surface area contributed by atoms with Gasteiger partial charge in [0.25, 0.3) is 0 Å². The second kappa shape index (κ2) is 8.90. The van der Waals surface area contributed by atoms with Crippen LogP contribution in [0.4, 0.5) is 0 Å². The van der Waals surface area contributed by atoms with Gasteiger partial charge in [-0.15, -0.1) is 0 Å². The van der Waals surface area contributed by atoms with E-state index in [4.69, 9.17) is 19.4 Å². The smallest absolute Gasteiger partial charge is 0.693 e. The van der Waals surface area contributed by atoms with Crippen LogP contribution in [-0.2, 0) is 15.1 Å². The topological polar surface area (TPSA) is 33.5 Å². The minimum Gasteiger partial charge on any atom is -0.693 e. The van der Waals surface area contributed by atoms with Gasteiger partial charge < -0.3 is 6.15 Å². The molecule has 0 radical (unpaired) electrons. The Morgan fingerprint density at radius 3 is 1.25 bits per heavy atom. The number of rotatable bonds is 0. The van der Waals surface area contributed by atoms with Crippen molar-refractivity contribution in [3.8, 4) is 0 Å². The summed E-state index contributed by atoms with van der Waals surface area (Å²) in [5, 5.41) is 0. The fraction of sp³-hybridized carbons (Fsp3) is 0. The van der Waals surface area contributed by atoms with Crippen molar-refractivity contribution in [3.63, 3.8) is 0 Å². The van der Waals surface area contributed by atoms with Crippen LogP contribution < -0.4 is 0 Å². The molecule has 0 saturated heterocycles. The first-order valence-corrected chi connectivity index (χ1v) is 4.47. The van der Waals surface area contributed by atoms with Crippen LogP contribution >= 0.6 is 19.4 Å². The normalized spacial score (nSPS) is 5.50. The zero-order valence-corrected chi connectivity index (χ0v) is 4.82. The molecule has 31 valence electrons. The van der Waals surface area contributed by atoms with E-state index in [-0.39, 0.29) is 21.3 Å². The molecule has 0 aliphatic rings. The van der Waals surface area contributed by atoms with Crippen molar-refractivity contribution in [1.82, 2.24) is 0 Å². The molecule has 0 spiro atoms. The van der Waals surface area contributed by atoms with Crippen molar-refractivity contribution in [2.45, 2.75) is 0 Å². The fourth-order valence-electron chi connectivity index (χ4n) is 0. The van der Waals surface area contributed by atoms with Gasteiger partial charge in [0, 0.05) is 0 Å². The zero-order chi connectivity index (χ0) is 2.71. The minimum absolute atomic E-state index is 0. The first-order chi connectivity index (χ1) is 1.41. The maximum absolute atomic E-state index is 4.83. The summed E-state index contributed by atoms with van der Waals surface area (Å²) in [6, 6.07) is 0. The Balaban J connectivity index is 0. The second-order valence-corrected chi connectivity index (χ2v) is 2.54. The summed E-state index contributed by atoms with van der Waals surface area (Å²) in [6.07, 6.45) is 0. The van der Waals surface area contributed by atoms with E-state index < -0.39 is 0 Å². The van der Waals surface area contributed by atoms with Gasteiger partial charge in [0.05, 0.1) is 0 Å². The molecule has 0 rings (SSSR count). The molecule has 0 aliphatic heterocycles. The van der Waals surface area contributed by atoms with Crippen molar-refractivity contribution in [1.29, 1.82) is 0 Å². The van der Waals surface area contributed by atoms with Crippen LogP contribution in [0.1, 0.15) is 0 Å². The molecular weight excluding hydrogens is 188 g/mol. The van der Waals surface area contributed by atoms with E-state index in [9.17, 15) is 0 Å². The van der Waals surface area contributed by atoms with Crippen molar-refractivity contribution in [3.05, 3.63) is 6.15 Å². The third-order valence-electron chi connectivity index (χ3n) is 0. The predicted molar refractivity (Wildman–Crippen MR) is 17.0 cm³/mol. The Morgan fingerprint density at radius 1 is 1.25 bits per heavy atom. The van der Waals surface area contributed by atoms with Gasteiger partial charge in [0.2, 0.25) is 0 Å². The molecule has 1 nitrogen and oxygen atoms in total. The molecule has 0 aromatic carbocycles. The monoisotopic (exact) mass is 189 g/mol. The zero-order valence-electron chi connectivity index (χ0n) is 1.67. The first-order valence-electron chi connectivity index (χ1n) is 0.252. The van der Waals surface area contributed by atoms with Crippen LogP contribution in [0, 0.1) is 0 Å². The van der Waals surface area contributed by atoms with Crippen molar-refractivity contribution in [2.24, 2.45) is 0 Å². The maximum atomic E-state index is 4.83. The summed E-state index contributed by atoms with van der Waals surface area (Å²) in [5.41, 5.74) is 0. The molecule has 0 aromatic heterocycles. The molecule has 0 unspecified atom stereocenters. The molecule has 0 heterocycles. The maximum Gasteiger partial charge on any atom is -0.693 e. The molecule has 2 N–H and O–H groups in total. The molecule has 0 aromatic rings. The van der Waals surface area contributed by atoms with Gasteiger partial charge in [-0.05, 0) is 0 Å². The Kier molecular flexibility index (Phi) is 19.9. The number of hydrogen-bond donors (Lipinski definition) is 0. The first kappa shape index (κ1) is 8.94. The van der Waals surface area contributed by atoms with Crippen molar-refractivity contribution in [2.75, 3.05) is 0 Å². The van der Waals surface area contributed by atoms with Crippen LogP contribution in [0.25, 0.3) is 6.15 Å². The average Bonchev–Trinajstić information content (AvgIpc) is 0.918. The van der Waals surface area contributed by atoms with Crippen LogP contribution in [0.5, 0.6) is 0 Å². The van der Waals surface area contributed by atoms with E-state index in [1.165, 1.54) is 0 Å². The largest absolute Gasteiger partial charge is 0.693 e. The molecule has 4 heteroatoms. The van der Waals surface area contributed by atoms with E-state index >= 15 is 0 Å². The summed E-state index contributed by atoms with van der Waals surface area (Å²) in [5.74, 6) is 0. The molecule has 4 heavy (non-hydrogen) atoms. The molecule has 0 atom stereocenters. The molecule has 0 fully saturated rings. The van der Waals surface area contributed by atoms with E-state index in [1.54, 1.807) is 0 Å². The van der Waals surface area contributed by atoms with Gasteiger partial charge >= 0.3 is 34.5 Å². The van der Waals surface area contributed by atoms with E-state index in [0.29, 0.717) is 0 Å². The molecule has 0 amide bonds. The molecule has 0 aliphatic carbocycles. The Hall–Kier alpha value is 1.16. The van der Waals surface area contributed by atoms with Crippen molar-refractivity contribution < 1.29 is 15.1 Å². The predicted octanol–water partition coefficient (Wildman–Crippen LogP) is 2.09. The van der Waals surface area contributed by atoms with E-state index in [1.807, 2.05) is 0 Å². The quantitative estimate of drug-likeness (QED) is 0.524. The van der Waals surface area contributed by atoms with Gasteiger partial charge in [0.15, 0.2) is 0 Å². The molecule has 0 saturated carbocycles. The summed E-state index contributed by atoms with van der Waals surface area (Å²) in [6.45, 7) is 0. The summed E-state index contributed by atoms with van der Waals surface area (Å²) < 4.78 is 0. The van der Waals surface area contributed by atoms with E-state index in [2.05, 4.69) is 0 Å². The fourth-order valence-corrected chi connectivity index (χ4v) is 0. The van der Waals surface area contributed by atoms with E-state index in [0.717, 1.165) is 0 Å². The summed E-state index contributed by atoms with van der Waals surface area (Å²) in [7, 11) is 9.67. The third kappa shape index (κ3) is 10.9. The van der Waals surface area contributed by atoms with Crippen LogP contribution in [0.3, 0.4) is 0 Å². The number of halogens is 2. The molecular formula is H2Cl2NRh-. The van der Waals surface area contributed by atoms with Crippen LogP contribution in [-0.4, -0.2) is 0 Å². The summed E-state index contributed by atoms with van der Waals surface area (Å²) in [4.78, 5) is 0. The standard InChI is InChI=1S/2ClH.H2N.Rh/h2*1H;1H2;/q;;-1;+2/p-2. The van der Waals surface area contributed by atoms with Crippen LogP contribution in [0.2, 0.25) is 0 Å². The van der Waals surface area contributed by atoms with Gasteiger partial charge in [-0.3, -0.25) is 0 Å². The molecule has 0 bridgehead atoms. The third-order valence-corrected chi connectivity index (χ3v) is 0. The Bertz CT molecular complexity index is 6.00. The Morgan fingerprint density at radius 2 is 1.25 bits per heavy atom. The average molecular weight is 190 g/mol. The van der Waals surface area contributed by atoms with Gasteiger partial charge in [-0.2, -0.15) is 0 Å². The minimum atomic E-state index is -0.226. The number of hydrogen-bond acceptors (Lipinski definition) is 0. The van der Waals surface area contributed by atoms with Gasteiger partial charge in [0.1, 0.15) is 0 Å². The second-order valence-electron chi connectivity index (χ2n) is 0.0476. The summed E-state index contributed by atoms with van der Waals surface area (Å²) >= 11 is -0.226. The van der Waals surface area contributed by atoms with Gasteiger partial charge in [-0.1, -0.05) is 0 Å². The SMILES string of the molecule is [Cl][Rh][Cl].[NH2-]. The Labute approximate surface area is 40.9 Å².